The zero-order chi connectivity index (χ0) is 11.5. The van der Waals surface area contributed by atoms with Crippen LogP contribution in [-0.4, -0.2) is 54.4 Å². The van der Waals surface area contributed by atoms with Crippen molar-refractivity contribution < 1.29 is 22.5 Å². The molecular weight excluding hydrogens is 267 g/mol. The van der Waals surface area contributed by atoms with Crippen LogP contribution in [0, 0.1) is 0 Å². The van der Waals surface area contributed by atoms with Gasteiger partial charge in [0.1, 0.15) is 11.6 Å². The molecule has 0 saturated heterocycles. The van der Waals surface area contributed by atoms with Crippen molar-refractivity contribution in [2.24, 2.45) is 0 Å². The standard InChI is InChI=1S/C8H7ClO5S.Na/c9-5-8(10)14-6-1-3-7(4-2-6)15(11,12)13;/h1-4H,5H2,(H,11,12,13);. The third-order valence-electron chi connectivity index (χ3n) is 1.46. The third-order valence-corrected chi connectivity index (χ3v) is 2.55. The van der Waals surface area contributed by atoms with Gasteiger partial charge < -0.3 is 4.74 Å². The summed E-state index contributed by atoms with van der Waals surface area (Å²) in [5.41, 5.74) is 0. The van der Waals surface area contributed by atoms with Gasteiger partial charge in [0.05, 0.1) is 4.90 Å². The molecular formula is C8H7ClNaO5S. The van der Waals surface area contributed by atoms with Crippen molar-refractivity contribution in [3.63, 3.8) is 0 Å². The van der Waals surface area contributed by atoms with E-state index >= 15 is 0 Å². The molecule has 0 heterocycles. The second-order valence-corrected chi connectivity index (χ2v) is 4.24. The quantitative estimate of drug-likeness (QED) is 0.288. The van der Waals surface area contributed by atoms with Gasteiger partial charge in [-0.25, -0.2) is 0 Å². The maximum Gasteiger partial charge on any atom is 0.326 e. The first-order chi connectivity index (χ1) is 6.93. The molecule has 8 heteroatoms. The minimum Gasteiger partial charge on any atom is -0.426 e. The first-order valence-corrected chi connectivity index (χ1v) is 5.75. The molecule has 1 N–H and O–H groups in total. The van der Waals surface area contributed by atoms with Crippen LogP contribution in [0.4, 0.5) is 0 Å². The molecule has 1 rings (SSSR count). The van der Waals surface area contributed by atoms with Crippen LogP contribution in [0.1, 0.15) is 0 Å². The van der Waals surface area contributed by atoms with Gasteiger partial charge in [0.25, 0.3) is 10.1 Å². The van der Waals surface area contributed by atoms with Crippen LogP contribution in [0.2, 0.25) is 0 Å². The molecule has 83 valence electrons. The summed E-state index contributed by atoms with van der Waals surface area (Å²) in [6.45, 7) is 0. The third kappa shape index (κ3) is 4.82. The summed E-state index contributed by atoms with van der Waals surface area (Å²) in [4.78, 5) is 10.5. The molecule has 0 amide bonds. The fraction of sp³-hybridized carbons (Fsp3) is 0.125. The topological polar surface area (TPSA) is 80.7 Å². The molecule has 0 aliphatic carbocycles. The molecule has 1 aromatic carbocycles. The molecule has 0 saturated carbocycles. The van der Waals surface area contributed by atoms with Gasteiger partial charge in [-0.2, -0.15) is 8.42 Å². The van der Waals surface area contributed by atoms with Crippen molar-refractivity contribution in [2.75, 3.05) is 5.88 Å². The first-order valence-electron chi connectivity index (χ1n) is 3.77. The average molecular weight is 274 g/mol. The van der Waals surface area contributed by atoms with Crippen LogP contribution in [0.15, 0.2) is 29.2 Å². The number of esters is 1. The Hall–Kier alpha value is -0.110. The van der Waals surface area contributed by atoms with Crippen molar-refractivity contribution in [3.05, 3.63) is 24.3 Å². The molecule has 0 unspecified atom stereocenters. The number of carbonyl (C=O) groups is 1. The molecule has 0 bridgehead atoms. The first kappa shape index (κ1) is 15.9. The molecule has 0 aliphatic rings. The fourth-order valence-electron chi connectivity index (χ4n) is 0.838. The predicted molar refractivity (Wildman–Crippen MR) is 58.4 cm³/mol. The monoisotopic (exact) mass is 273 g/mol. The largest absolute Gasteiger partial charge is 0.426 e. The normalized spacial score (nSPS) is 10.4. The number of benzene rings is 1. The maximum atomic E-state index is 10.7. The number of carbonyl (C=O) groups excluding carboxylic acids is 1. The summed E-state index contributed by atoms with van der Waals surface area (Å²) in [6.07, 6.45) is 0. The molecule has 1 radical (unpaired) electrons. The van der Waals surface area contributed by atoms with Crippen molar-refractivity contribution in [2.45, 2.75) is 4.90 Å². The Bertz CT molecular complexity index is 456. The Morgan fingerprint density at radius 3 is 2.19 bits per heavy atom. The summed E-state index contributed by atoms with van der Waals surface area (Å²) in [6, 6.07) is 4.72. The Balaban J connectivity index is 0.00000225. The summed E-state index contributed by atoms with van der Waals surface area (Å²) >= 11 is 5.20. The molecule has 5 nitrogen and oxygen atoms in total. The van der Waals surface area contributed by atoms with Gasteiger partial charge >= 0.3 is 5.97 Å². The minimum absolute atomic E-state index is 0. The molecule has 0 aromatic heterocycles. The van der Waals surface area contributed by atoms with Crippen LogP contribution in [0.25, 0.3) is 0 Å². The van der Waals surface area contributed by atoms with Crippen molar-refractivity contribution >= 4 is 57.2 Å². The summed E-state index contributed by atoms with van der Waals surface area (Å²) in [5, 5.41) is 0. The van der Waals surface area contributed by atoms with Crippen molar-refractivity contribution in [3.8, 4) is 5.75 Å². The van der Waals surface area contributed by atoms with E-state index < -0.39 is 16.1 Å². The van der Waals surface area contributed by atoms with E-state index in [1.165, 1.54) is 12.1 Å². The van der Waals surface area contributed by atoms with Crippen LogP contribution in [0.5, 0.6) is 5.75 Å². The van der Waals surface area contributed by atoms with Gasteiger partial charge in [-0.1, -0.05) is 0 Å². The molecule has 0 fully saturated rings. The van der Waals surface area contributed by atoms with Crippen molar-refractivity contribution in [1.82, 2.24) is 0 Å². The summed E-state index contributed by atoms with van der Waals surface area (Å²) < 4.78 is 34.6. The zero-order valence-electron chi connectivity index (χ0n) is 8.38. The van der Waals surface area contributed by atoms with Crippen molar-refractivity contribution in [1.29, 1.82) is 0 Å². The van der Waals surface area contributed by atoms with Crippen LogP contribution in [0.3, 0.4) is 0 Å². The Kier molecular flexibility index (Phi) is 6.54. The average Bonchev–Trinajstić information content (AvgIpc) is 2.17. The second kappa shape index (κ2) is 6.58. The summed E-state index contributed by atoms with van der Waals surface area (Å²) in [5.74, 6) is -0.774. The molecule has 1 aromatic rings. The van der Waals surface area contributed by atoms with E-state index in [9.17, 15) is 13.2 Å². The van der Waals surface area contributed by atoms with E-state index in [2.05, 4.69) is 4.74 Å². The Morgan fingerprint density at radius 2 is 1.81 bits per heavy atom. The van der Waals surface area contributed by atoms with Gasteiger partial charge in [0.15, 0.2) is 0 Å². The van der Waals surface area contributed by atoms with E-state index in [0.717, 1.165) is 12.1 Å². The van der Waals surface area contributed by atoms with Crippen LogP contribution < -0.4 is 4.74 Å². The van der Waals surface area contributed by atoms with E-state index in [4.69, 9.17) is 16.2 Å². The van der Waals surface area contributed by atoms with Gasteiger partial charge in [-0.3, -0.25) is 9.35 Å². The minimum atomic E-state index is -4.22. The van der Waals surface area contributed by atoms with Crippen LogP contribution >= 0.6 is 11.6 Å². The van der Waals surface area contributed by atoms with E-state index in [0.29, 0.717) is 0 Å². The molecule has 0 atom stereocenters. The van der Waals surface area contributed by atoms with E-state index in [1.807, 2.05) is 0 Å². The molecule has 0 spiro atoms. The second-order valence-electron chi connectivity index (χ2n) is 2.55. The Labute approximate surface area is 120 Å². The number of hydrogen-bond acceptors (Lipinski definition) is 4. The number of halogens is 1. The Morgan fingerprint density at radius 1 is 1.31 bits per heavy atom. The number of ether oxygens (including phenoxy) is 1. The van der Waals surface area contributed by atoms with Crippen LogP contribution in [-0.2, 0) is 14.9 Å². The SMILES string of the molecule is O=C(CCl)Oc1ccc(S(=O)(=O)O)cc1.[Na]. The number of alkyl halides is 1. The maximum absolute atomic E-state index is 10.7. The summed E-state index contributed by atoms with van der Waals surface area (Å²) in [7, 11) is -4.22. The fourth-order valence-corrected chi connectivity index (χ4v) is 1.37. The van der Waals surface area contributed by atoms with Gasteiger partial charge in [-0.15, -0.1) is 11.6 Å². The van der Waals surface area contributed by atoms with Gasteiger partial charge in [0, 0.05) is 29.6 Å². The van der Waals surface area contributed by atoms with Gasteiger partial charge in [0.2, 0.25) is 0 Å². The van der Waals surface area contributed by atoms with E-state index in [1.54, 1.807) is 0 Å². The zero-order valence-corrected chi connectivity index (χ0v) is 12.0. The smallest absolute Gasteiger partial charge is 0.326 e. The number of rotatable bonds is 3. The molecule has 0 aliphatic heterocycles. The predicted octanol–water partition coefficient (Wildman–Crippen LogP) is 0.697. The number of hydrogen-bond donors (Lipinski definition) is 1. The van der Waals surface area contributed by atoms with Gasteiger partial charge in [-0.05, 0) is 24.3 Å². The van der Waals surface area contributed by atoms with E-state index in [-0.39, 0.29) is 46.1 Å². The molecule has 16 heavy (non-hydrogen) atoms.